The van der Waals surface area contributed by atoms with Gasteiger partial charge < -0.3 is 15.0 Å². The van der Waals surface area contributed by atoms with Crippen LogP contribution in [0.4, 0.5) is 0 Å². The lowest BCUT2D eigenvalue weighted by Crippen LogP contribution is -2.48. The van der Waals surface area contributed by atoms with E-state index in [2.05, 4.69) is 17.4 Å². The molecule has 1 fully saturated rings. The highest BCUT2D eigenvalue weighted by molar-refractivity contribution is 5.78. The summed E-state index contributed by atoms with van der Waals surface area (Å²) in [5.41, 5.74) is 2.39. The number of benzene rings is 1. The number of ether oxygens (including phenoxy) is 1. The number of nitrogens with zero attached hydrogens (tertiary/aromatic N) is 1. The number of carbonyl (C=O) groups is 1. The quantitative estimate of drug-likeness (QED) is 0.863. The summed E-state index contributed by atoms with van der Waals surface area (Å²) in [4.78, 5) is 13.6. The molecule has 1 heterocycles. The molecule has 2 rings (SSSR count). The van der Waals surface area contributed by atoms with E-state index >= 15 is 0 Å². The van der Waals surface area contributed by atoms with E-state index in [1.807, 2.05) is 17.9 Å². The Hall–Kier alpha value is -1.55. The minimum Gasteiger partial charge on any atom is -0.496 e. The van der Waals surface area contributed by atoms with Gasteiger partial charge in [0.1, 0.15) is 5.75 Å². The molecular formula is C14H20N2O2. The van der Waals surface area contributed by atoms with Crippen molar-refractivity contribution >= 4 is 5.91 Å². The van der Waals surface area contributed by atoms with E-state index in [4.69, 9.17) is 4.74 Å². The third kappa shape index (κ3) is 3.01. The van der Waals surface area contributed by atoms with Crippen molar-refractivity contribution in [1.29, 1.82) is 0 Å². The van der Waals surface area contributed by atoms with E-state index < -0.39 is 0 Å². The summed E-state index contributed by atoms with van der Waals surface area (Å²) < 4.78 is 5.24. The molecule has 1 aromatic carbocycles. The predicted octanol–water partition coefficient (Wildman–Crippen LogP) is 0.978. The number of aryl methyl sites for hydroxylation is 1. The van der Waals surface area contributed by atoms with Crippen molar-refractivity contribution in [3.63, 3.8) is 0 Å². The second-order valence-electron chi connectivity index (χ2n) is 4.61. The minimum absolute atomic E-state index is 0.200. The number of hydrogen-bond donors (Lipinski definition) is 1. The Morgan fingerprint density at radius 2 is 2.28 bits per heavy atom. The molecule has 0 aromatic heterocycles. The van der Waals surface area contributed by atoms with Crippen LogP contribution in [0.3, 0.4) is 0 Å². The number of hydrogen-bond acceptors (Lipinski definition) is 3. The first-order valence-electron chi connectivity index (χ1n) is 6.32. The van der Waals surface area contributed by atoms with Gasteiger partial charge in [-0.05, 0) is 30.5 Å². The van der Waals surface area contributed by atoms with Gasteiger partial charge in [0.2, 0.25) is 5.91 Å². The molecule has 0 spiro atoms. The van der Waals surface area contributed by atoms with Crippen LogP contribution < -0.4 is 10.1 Å². The summed E-state index contributed by atoms with van der Waals surface area (Å²) >= 11 is 0. The molecule has 0 unspecified atom stereocenters. The molecule has 98 valence electrons. The highest BCUT2D eigenvalue weighted by atomic mass is 16.5. The minimum atomic E-state index is 0.200. The van der Waals surface area contributed by atoms with Gasteiger partial charge in [0.15, 0.2) is 0 Å². The standard InChI is InChI=1S/C14H20N2O2/c1-11-9-12(3-4-13(11)18-2)5-7-16-8-6-15-10-14(16)17/h3-4,9,15H,5-8,10H2,1-2H3. The molecule has 1 aliphatic heterocycles. The lowest BCUT2D eigenvalue weighted by atomic mass is 10.1. The molecule has 0 atom stereocenters. The van der Waals surface area contributed by atoms with Gasteiger partial charge in [-0.15, -0.1) is 0 Å². The van der Waals surface area contributed by atoms with Crippen molar-refractivity contribution in [3.05, 3.63) is 29.3 Å². The molecule has 0 bridgehead atoms. The van der Waals surface area contributed by atoms with Gasteiger partial charge in [-0.25, -0.2) is 0 Å². The summed E-state index contributed by atoms with van der Waals surface area (Å²) in [7, 11) is 1.68. The monoisotopic (exact) mass is 248 g/mol. The van der Waals surface area contributed by atoms with Gasteiger partial charge in [-0.1, -0.05) is 12.1 Å². The second-order valence-corrected chi connectivity index (χ2v) is 4.61. The zero-order chi connectivity index (χ0) is 13.0. The van der Waals surface area contributed by atoms with Crippen molar-refractivity contribution in [2.75, 3.05) is 33.3 Å². The lowest BCUT2D eigenvalue weighted by molar-refractivity contribution is -0.131. The Kier molecular flexibility index (Phi) is 4.20. The van der Waals surface area contributed by atoms with Gasteiger partial charge in [-0.3, -0.25) is 4.79 Å². The lowest BCUT2D eigenvalue weighted by Gasteiger charge is -2.27. The molecule has 0 aliphatic carbocycles. The SMILES string of the molecule is COc1ccc(CCN2CCNCC2=O)cc1C. The fourth-order valence-electron chi connectivity index (χ4n) is 2.24. The van der Waals surface area contributed by atoms with Crippen molar-refractivity contribution < 1.29 is 9.53 Å². The summed E-state index contributed by atoms with van der Waals surface area (Å²) in [6.45, 7) is 5.02. The molecule has 1 amide bonds. The summed E-state index contributed by atoms with van der Waals surface area (Å²) in [6.07, 6.45) is 0.899. The van der Waals surface area contributed by atoms with E-state index in [0.717, 1.165) is 37.4 Å². The Balaban J connectivity index is 1.93. The summed E-state index contributed by atoms with van der Waals surface area (Å²) in [5, 5.41) is 3.08. The van der Waals surface area contributed by atoms with Crippen molar-refractivity contribution in [3.8, 4) is 5.75 Å². The zero-order valence-electron chi connectivity index (χ0n) is 11.0. The van der Waals surface area contributed by atoms with Crippen LogP contribution in [0, 0.1) is 6.92 Å². The first-order chi connectivity index (χ1) is 8.70. The Labute approximate surface area is 108 Å². The van der Waals surface area contributed by atoms with Crippen LogP contribution in [-0.2, 0) is 11.2 Å². The van der Waals surface area contributed by atoms with E-state index in [1.54, 1.807) is 7.11 Å². The number of nitrogens with one attached hydrogen (secondary N) is 1. The molecule has 1 aromatic rings. The van der Waals surface area contributed by atoms with Crippen LogP contribution in [0.2, 0.25) is 0 Å². The largest absolute Gasteiger partial charge is 0.496 e. The second kappa shape index (κ2) is 5.87. The van der Waals surface area contributed by atoms with Gasteiger partial charge in [0.05, 0.1) is 13.7 Å². The molecule has 1 aliphatic rings. The fraction of sp³-hybridized carbons (Fsp3) is 0.500. The van der Waals surface area contributed by atoms with Gasteiger partial charge >= 0.3 is 0 Å². The number of carbonyl (C=O) groups excluding carboxylic acids is 1. The Morgan fingerprint density at radius 3 is 2.94 bits per heavy atom. The van der Waals surface area contributed by atoms with Crippen LogP contribution in [0.15, 0.2) is 18.2 Å². The average molecular weight is 248 g/mol. The molecule has 0 saturated carbocycles. The molecule has 4 nitrogen and oxygen atoms in total. The molecule has 1 saturated heterocycles. The van der Waals surface area contributed by atoms with Gasteiger partial charge in [0, 0.05) is 19.6 Å². The van der Waals surface area contributed by atoms with Crippen LogP contribution in [0.25, 0.3) is 0 Å². The van der Waals surface area contributed by atoms with E-state index in [9.17, 15) is 4.79 Å². The van der Waals surface area contributed by atoms with Crippen LogP contribution in [0.5, 0.6) is 5.75 Å². The Morgan fingerprint density at radius 1 is 1.44 bits per heavy atom. The third-order valence-corrected chi connectivity index (χ3v) is 3.32. The first kappa shape index (κ1) is 12.9. The number of methoxy groups -OCH3 is 1. The smallest absolute Gasteiger partial charge is 0.236 e. The normalized spacial score (nSPS) is 15.9. The molecule has 1 N–H and O–H groups in total. The van der Waals surface area contributed by atoms with E-state index in [0.29, 0.717) is 6.54 Å². The summed E-state index contributed by atoms with van der Waals surface area (Å²) in [5.74, 6) is 1.11. The fourth-order valence-corrected chi connectivity index (χ4v) is 2.24. The Bertz CT molecular complexity index is 432. The number of piperazine rings is 1. The first-order valence-corrected chi connectivity index (χ1v) is 6.32. The maximum absolute atomic E-state index is 11.6. The topological polar surface area (TPSA) is 41.6 Å². The highest BCUT2D eigenvalue weighted by Crippen LogP contribution is 2.18. The van der Waals surface area contributed by atoms with Gasteiger partial charge in [-0.2, -0.15) is 0 Å². The maximum Gasteiger partial charge on any atom is 0.236 e. The van der Waals surface area contributed by atoms with E-state index in [-0.39, 0.29) is 5.91 Å². The van der Waals surface area contributed by atoms with Crippen LogP contribution in [-0.4, -0.2) is 44.1 Å². The molecule has 4 heteroatoms. The van der Waals surface area contributed by atoms with Gasteiger partial charge in [0.25, 0.3) is 0 Å². The van der Waals surface area contributed by atoms with Crippen molar-refractivity contribution in [2.24, 2.45) is 0 Å². The predicted molar refractivity (Wildman–Crippen MR) is 70.9 cm³/mol. The summed E-state index contributed by atoms with van der Waals surface area (Å²) in [6, 6.07) is 6.19. The van der Waals surface area contributed by atoms with Crippen molar-refractivity contribution in [2.45, 2.75) is 13.3 Å². The zero-order valence-corrected chi connectivity index (χ0v) is 11.0. The maximum atomic E-state index is 11.6. The molecule has 18 heavy (non-hydrogen) atoms. The third-order valence-electron chi connectivity index (χ3n) is 3.32. The van der Waals surface area contributed by atoms with E-state index in [1.165, 1.54) is 5.56 Å². The number of rotatable bonds is 4. The average Bonchev–Trinajstić information content (AvgIpc) is 2.38. The van der Waals surface area contributed by atoms with Crippen molar-refractivity contribution in [1.82, 2.24) is 10.2 Å². The van der Waals surface area contributed by atoms with Crippen LogP contribution in [0.1, 0.15) is 11.1 Å². The number of amides is 1. The molecular weight excluding hydrogens is 228 g/mol. The van der Waals surface area contributed by atoms with Crippen LogP contribution >= 0.6 is 0 Å². The highest BCUT2D eigenvalue weighted by Gasteiger charge is 2.16. The molecule has 0 radical (unpaired) electrons.